The number of hydrogen-bond donors (Lipinski definition) is 0. The molecule has 0 amide bonds. The Hall–Kier alpha value is -1.73. The van der Waals surface area contributed by atoms with Crippen LogP contribution in [0.2, 0.25) is 0 Å². The third-order valence-corrected chi connectivity index (χ3v) is 4.64. The molecule has 1 aromatic carbocycles. The van der Waals surface area contributed by atoms with Crippen LogP contribution in [0.5, 0.6) is 0 Å². The summed E-state index contributed by atoms with van der Waals surface area (Å²) in [6, 6.07) is 7.99. The Bertz CT molecular complexity index is 722. The van der Waals surface area contributed by atoms with Crippen molar-refractivity contribution in [3.8, 4) is 11.4 Å². The molecule has 102 valence electrons. The van der Waals surface area contributed by atoms with Crippen LogP contribution in [0, 0.1) is 13.8 Å². The lowest BCUT2D eigenvalue weighted by atomic mass is 10.1. The van der Waals surface area contributed by atoms with Gasteiger partial charge in [0.15, 0.2) is 4.34 Å². The van der Waals surface area contributed by atoms with Crippen LogP contribution in [0.3, 0.4) is 0 Å². The molecular weight excluding hydrogens is 292 g/mol. The zero-order valence-electron chi connectivity index (χ0n) is 11.0. The average molecular weight is 304 g/mol. The Balaban J connectivity index is 1.72. The highest BCUT2D eigenvalue weighted by atomic mass is 32.2. The van der Waals surface area contributed by atoms with Gasteiger partial charge in [-0.3, -0.25) is 0 Å². The Morgan fingerprint density at radius 3 is 2.80 bits per heavy atom. The van der Waals surface area contributed by atoms with Crippen LogP contribution in [0.1, 0.15) is 16.5 Å². The van der Waals surface area contributed by atoms with Gasteiger partial charge in [-0.15, -0.1) is 10.2 Å². The molecule has 0 aliphatic carbocycles. The highest BCUT2D eigenvalue weighted by Gasteiger charge is 2.11. The van der Waals surface area contributed by atoms with E-state index < -0.39 is 0 Å². The van der Waals surface area contributed by atoms with Crippen molar-refractivity contribution in [3.05, 3.63) is 40.7 Å². The van der Waals surface area contributed by atoms with Crippen LogP contribution in [-0.2, 0) is 5.75 Å². The molecule has 0 radical (unpaired) electrons. The average Bonchev–Trinajstić information content (AvgIpc) is 3.06. The highest BCUT2D eigenvalue weighted by Crippen LogP contribution is 2.26. The van der Waals surface area contributed by atoms with Crippen molar-refractivity contribution in [2.45, 2.75) is 23.9 Å². The van der Waals surface area contributed by atoms with Crippen LogP contribution in [0.4, 0.5) is 0 Å². The summed E-state index contributed by atoms with van der Waals surface area (Å²) in [5.41, 5.74) is 2.13. The van der Waals surface area contributed by atoms with Gasteiger partial charge in [-0.2, -0.15) is 4.98 Å². The van der Waals surface area contributed by atoms with Gasteiger partial charge in [-0.25, -0.2) is 0 Å². The molecule has 0 atom stereocenters. The summed E-state index contributed by atoms with van der Waals surface area (Å²) in [6.45, 7) is 3.97. The Morgan fingerprint density at radius 2 is 2.05 bits per heavy atom. The minimum absolute atomic E-state index is 0.598. The van der Waals surface area contributed by atoms with Gasteiger partial charge in [-0.05, 0) is 19.4 Å². The van der Waals surface area contributed by atoms with Crippen molar-refractivity contribution in [3.63, 3.8) is 0 Å². The first-order chi connectivity index (χ1) is 9.72. The highest BCUT2D eigenvalue weighted by molar-refractivity contribution is 8.00. The summed E-state index contributed by atoms with van der Waals surface area (Å²) in [7, 11) is 0. The van der Waals surface area contributed by atoms with Crippen LogP contribution < -0.4 is 0 Å². The van der Waals surface area contributed by atoms with E-state index in [1.54, 1.807) is 23.1 Å². The Morgan fingerprint density at radius 1 is 1.20 bits per heavy atom. The zero-order valence-corrected chi connectivity index (χ0v) is 12.7. The number of rotatable bonds is 4. The van der Waals surface area contributed by atoms with Gasteiger partial charge in [0.2, 0.25) is 11.7 Å². The molecular formula is C13H12N4OS2. The van der Waals surface area contributed by atoms with E-state index in [9.17, 15) is 0 Å². The zero-order chi connectivity index (χ0) is 13.9. The first-order valence-electron chi connectivity index (χ1n) is 6.04. The van der Waals surface area contributed by atoms with Crippen molar-refractivity contribution in [1.29, 1.82) is 0 Å². The Labute approximate surface area is 124 Å². The molecule has 0 spiro atoms. The van der Waals surface area contributed by atoms with Crippen LogP contribution in [0.15, 0.2) is 33.1 Å². The lowest BCUT2D eigenvalue weighted by Gasteiger charge is -1.97. The van der Waals surface area contributed by atoms with Gasteiger partial charge in [0, 0.05) is 5.56 Å². The fourth-order valence-corrected chi connectivity index (χ4v) is 3.36. The van der Waals surface area contributed by atoms with Crippen LogP contribution in [0.25, 0.3) is 11.4 Å². The van der Waals surface area contributed by atoms with Gasteiger partial charge in [0.05, 0.1) is 5.75 Å². The fraction of sp³-hybridized carbons (Fsp3) is 0.231. The molecule has 20 heavy (non-hydrogen) atoms. The second-order valence-corrected chi connectivity index (χ2v) is 6.61. The number of aryl methyl sites for hydroxylation is 2. The van der Waals surface area contributed by atoms with Crippen LogP contribution >= 0.6 is 23.1 Å². The van der Waals surface area contributed by atoms with E-state index >= 15 is 0 Å². The van der Waals surface area contributed by atoms with Crippen molar-refractivity contribution in [2.75, 3.05) is 0 Å². The van der Waals surface area contributed by atoms with Gasteiger partial charge in [0.1, 0.15) is 5.01 Å². The molecule has 2 aromatic heterocycles. The minimum atomic E-state index is 0.598. The molecule has 7 heteroatoms. The molecule has 0 N–H and O–H groups in total. The summed E-state index contributed by atoms with van der Waals surface area (Å²) in [5.74, 6) is 1.83. The fourth-order valence-electron chi connectivity index (χ4n) is 1.71. The summed E-state index contributed by atoms with van der Waals surface area (Å²) in [6.07, 6.45) is 0. The number of nitrogens with zero attached hydrogens (tertiary/aromatic N) is 4. The molecule has 3 aromatic rings. The summed E-state index contributed by atoms with van der Waals surface area (Å²) >= 11 is 3.12. The molecule has 0 fully saturated rings. The summed E-state index contributed by atoms with van der Waals surface area (Å²) in [4.78, 5) is 4.42. The predicted octanol–water partition coefficient (Wildman–Crippen LogP) is 3.50. The molecule has 0 bridgehead atoms. The van der Waals surface area contributed by atoms with Crippen molar-refractivity contribution in [2.24, 2.45) is 0 Å². The maximum atomic E-state index is 5.28. The monoisotopic (exact) mass is 304 g/mol. The SMILES string of the molecule is Cc1nnc(SCc2nc(-c3ccccc3C)no2)s1. The number of benzene rings is 1. The third kappa shape index (κ3) is 2.88. The summed E-state index contributed by atoms with van der Waals surface area (Å²) in [5, 5.41) is 13.0. The van der Waals surface area contributed by atoms with E-state index in [0.717, 1.165) is 20.5 Å². The molecule has 2 heterocycles. The minimum Gasteiger partial charge on any atom is -0.338 e. The molecule has 5 nitrogen and oxygen atoms in total. The largest absolute Gasteiger partial charge is 0.338 e. The second-order valence-electron chi connectivity index (χ2n) is 4.20. The van der Waals surface area contributed by atoms with Gasteiger partial charge >= 0.3 is 0 Å². The number of thioether (sulfide) groups is 1. The first kappa shape index (κ1) is 13.3. The van der Waals surface area contributed by atoms with Crippen LogP contribution in [-0.4, -0.2) is 20.3 Å². The summed E-state index contributed by atoms with van der Waals surface area (Å²) < 4.78 is 6.19. The molecule has 0 aliphatic rings. The van der Waals surface area contributed by atoms with Crippen molar-refractivity contribution >= 4 is 23.1 Å². The van der Waals surface area contributed by atoms with E-state index in [2.05, 4.69) is 20.3 Å². The normalized spacial score (nSPS) is 10.9. The molecule has 0 saturated heterocycles. The van der Waals surface area contributed by atoms with E-state index in [1.165, 1.54) is 0 Å². The van der Waals surface area contributed by atoms with Crippen molar-refractivity contribution in [1.82, 2.24) is 20.3 Å². The van der Waals surface area contributed by atoms with E-state index in [-0.39, 0.29) is 0 Å². The topological polar surface area (TPSA) is 64.7 Å². The molecule has 0 saturated carbocycles. The molecule has 0 unspecified atom stereocenters. The second kappa shape index (κ2) is 5.72. The van der Waals surface area contributed by atoms with Gasteiger partial charge in [0.25, 0.3) is 0 Å². The van der Waals surface area contributed by atoms with Gasteiger partial charge in [-0.1, -0.05) is 52.5 Å². The maximum Gasteiger partial charge on any atom is 0.237 e. The van der Waals surface area contributed by atoms with Gasteiger partial charge < -0.3 is 4.52 Å². The van der Waals surface area contributed by atoms with E-state index in [4.69, 9.17) is 4.52 Å². The first-order valence-corrected chi connectivity index (χ1v) is 7.84. The molecule has 0 aliphatic heterocycles. The predicted molar refractivity (Wildman–Crippen MR) is 78.7 cm³/mol. The number of aromatic nitrogens is 4. The smallest absolute Gasteiger partial charge is 0.237 e. The lowest BCUT2D eigenvalue weighted by Crippen LogP contribution is -1.85. The lowest BCUT2D eigenvalue weighted by molar-refractivity contribution is 0.391. The maximum absolute atomic E-state index is 5.28. The van der Waals surface area contributed by atoms with E-state index in [1.807, 2.05) is 38.1 Å². The standard InChI is InChI=1S/C13H12N4OS2/c1-8-5-3-4-6-10(8)12-14-11(18-17-12)7-19-13-16-15-9(2)20-13/h3-6H,7H2,1-2H3. The Kier molecular flexibility index (Phi) is 3.79. The van der Waals surface area contributed by atoms with Crippen molar-refractivity contribution < 1.29 is 4.52 Å². The third-order valence-electron chi connectivity index (χ3n) is 2.68. The number of hydrogen-bond acceptors (Lipinski definition) is 7. The van der Waals surface area contributed by atoms with E-state index in [0.29, 0.717) is 17.5 Å². The molecule has 3 rings (SSSR count). The quantitative estimate of drug-likeness (QED) is 0.687.